The third-order valence-corrected chi connectivity index (χ3v) is 3.43. The van der Waals surface area contributed by atoms with E-state index >= 15 is 0 Å². The van der Waals surface area contributed by atoms with Crippen LogP contribution in [0.2, 0.25) is 0 Å². The van der Waals surface area contributed by atoms with Crippen molar-refractivity contribution in [2.75, 3.05) is 11.9 Å². The van der Waals surface area contributed by atoms with E-state index in [1.54, 1.807) is 12.4 Å². The van der Waals surface area contributed by atoms with Gasteiger partial charge in [-0.05, 0) is 48.9 Å². The zero-order valence-electron chi connectivity index (χ0n) is 11.1. The maximum absolute atomic E-state index is 11.8. The Morgan fingerprint density at radius 2 is 1.85 bits per heavy atom. The molecule has 1 amide bonds. The number of amides is 1. The Kier molecular flexibility index (Phi) is 5.26. The molecule has 5 heteroatoms. The van der Waals surface area contributed by atoms with Crippen LogP contribution in [0.25, 0.3) is 0 Å². The van der Waals surface area contributed by atoms with Crippen LogP contribution in [0.5, 0.6) is 0 Å². The normalized spacial score (nSPS) is 11.9. The molecule has 0 fully saturated rings. The van der Waals surface area contributed by atoms with Gasteiger partial charge in [0, 0.05) is 28.6 Å². The minimum absolute atomic E-state index is 0.0618. The number of nitrogens with one attached hydrogen (secondary N) is 2. The van der Waals surface area contributed by atoms with Gasteiger partial charge in [0.2, 0.25) is 5.91 Å². The highest BCUT2D eigenvalue weighted by Gasteiger charge is 2.07. The first-order valence-corrected chi connectivity index (χ1v) is 7.13. The van der Waals surface area contributed by atoms with Gasteiger partial charge < -0.3 is 10.6 Å². The summed E-state index contributed by atoms with van der Waals surface area (Å²) in [5, 5.41) is 6.02. The van der Waals surface area contributed by atoms with Crippen LogP contribution in [-0.4, -0.2) is 17.4 Å². The van der Waals surface area contributed by atoms with Crippen molar-refractivity contribution in [1.29, 1.82) is 0 Å². The number of halogens is 1. The van der Waals surface area contributed by atoms with Crippen LogP contribution < -0.4 is 10.6 Å². The minimum atomic E-state index is -0.0618. The molecule has 0 spiro atoms. The van der Waals surface area contributed by atoms with Gasteiger partial charge in [-0.25, -0.2) is 0 Å². The Morgan fingerprint density at radius 3 is 2.50 bits per heavy atom. The van der Waals surface area contributed by atoms with Crippen molar-refractivity contribution in [2.45, 2.75) is 13.0 Å². The first kappa shape index (κ1) is 14.7. The molecule has 1 heterocycles. The lowest BCUT2D eigenvalue weighted by Gasteiger charge is -2.13. The number of rotatable bonds is 5. The van der Waals surface area contributed by atoms with Gasteiger partial charge in [0.15, 0.2) is 0 Å². The first-order chi connectivity index (χ1) is 9.65. The highest BCUT2D eigenvalue weighted by molar-refractivity contribution is 9.10. The molecule has 0 aliphatic heterocycles. The van der Waals surface area contributed by atoms with Gasteiger partial charge in [0.05, 0.1) is 6.54 Å². The molecule has 0 aliphatic rings. The number of pyridine rings is 1. The molecule has 2 N–H and O–H groups in total. The highest BCUT2D eigenvalue weighted by Crippen LogP contribution is 2.14. The number of benzene rings is 1. The van der Waals surface area contributed by atoms with Gasteiger partial charge in [-0.1, -0.05) is 15.9 Å². The Labute approximate surface area is 126 Å². The fourth-order valence-corrected chi connectivity index (χ4v) is 2.02. The minimum Gasteiger partial charge on any atom is -0.325 e. The molecule has 4 nitrogen and oxygen atoms in total. The van der Waals surface area contributed by atoms with E-state index in [9.17, 15) is 4.79 Å². The monoisotopic (exact) mass is 333 g/mol. The van der Waals surface area contributed by atoms with E-state index in [-0.39, 0.29) is 18.5 Å². The molecule has 20 heavy (non-hydrogen) atoms. The Bertz CT molecular complexity index is 557. The summed E-state index contributed by atoms with van der Waals surface area (Å²) < 4.78 is 0.986. The second kappa shape index (κ2) is 7.17. The third-order valence-electron chi connectivity index (χ3n) is 2.90. The summed E-state index contributed by atoms with van der Waals surface area (Å²) >= 11 is 3.36. The second-order valence-corrected chi connectivity index (χ2v) is 5.35. The summed E-state index contributed by atoms with van der Waals surface area (Å²) in [7, 11) is 0. The van der Waals surface area contributed by atoms with Gasteiger partial charge in [0.1, 0.15) is 0 Å². The highest BCUT2D eigenvalue weighted by atomic mass is 79.9. The van der Waals surface area contributed by atoms with Crippen molar-refractivity contribution in [1.82, 2.24) is 10.3 Å². The van der Waals surface area contributed by atoms with Crippen molar-refractivity contribution < 1.29 is 4.79 Å². The second-order valence-electron chi connectivity index (χ2n) is 4.44. The summed E-state index contributed by atoms with van der Waals surface area (Å²) in [6, 6.07) is 11.5. The van der Waals surface area contributed by atoms with Crippen LogP contribution >= 0.6 is 15.9 Å². The van der Waals surface area contributed by atoms with Gasteiger partial charge in [-0.15, -0.1) is 0 Å². The van der Waals surface area contributed by atoms with E-state index in [4.69, 9.17) is 0 Å². The van der Waals surface area contributed by atoms with E-state index in [1.165, 1.54) is 0 Å². The predicted molar refractivity (Wildman–Crippen MR) is 83.4 cm³/mol. The lowest BCUT2D eigenvalue weighted by atomic mass is 10.1. The van der Waals surface area contributed by atoms with E-state index in [2.05, 4.69) is 31.5 Å². The first-order valence-electron chi connectivity index (χ1n) is 6.34. The smallest absolute Gasteiger partial charge is 0.238 e. The molecule has 1 aromatic heterocycles. The van der Waals surface area contributed by atoms with E-state index in [1.807, 2.05) is 43.3 Å². The molecule has 1 unspecified atom stereocenters. The van der Waals surface area contributed by atoms with Crippen molar-refractivity contribution in [3.8, 4) is 0 Å². The maximum atomic E-state index is 11.8. The molecule has 104 valence electrons. The van der Waals surface area contributed by atoms with Crippen LogP contribution in [0, 0.1) is 0 Å². The summed E-state index contributed by atoms with van der Waals surface area (Å²) in [6.07, 6.45) is 3.49. The lowest BCUT2D eigenvalue weighted by Crippen LogP contribution is -2.30. The number of carbonyl (C=O) groups excluding carboxylic acids is 1. The molecule has 1 aromatic carbocycles. The quantitative estimate of drug-likeness (QED) is 0.883. The topological polar surface area (TPSA) is 54.0 Å². The summed E-state index contributed by atoms with van der Waals surface area (Å²) in [5.41, 5.74) is 1.90. The number of hydrogen-bond donors (Lipinski definition) is 2. The Hall–Kier alpha value is -1.72. The van der Waals surface area contributed by atoms with Crippen molar-refractivity contribution in [2.24, 2.45) is 0 Å². The fraction of sp³-hybridized carbons (Fsp3) is 0.200. The van der Waals surface area contributed by atoms with Crippen LogP contribution in [0.3, 0.4) is 0 Å². The summed E-state index contributed by atoms with van der Waals surface area (Å²) in [5.74, 6) is -0.0618. The molecule has 2 aromatic rings. The molecule has 2 rings (SSSR count). The van der Waals surface area contributed by atoms with E-state index in [0.29, 0.717) is 0 Å². The predicted octanol–water partition coefficient (Wildman–Crippen LogP) is 3.13. The number of nitrogens with zero attached hydrogens (tertiary/aromatic N) is 1. The van der Waals surface area contributed by atoms with Crippen LogP contribution in [-0.2, 0) is 4.79 Å². The average Bonchev–Trinajstić information content (AvgIpc) is 2.48. The average molecular weight is 334 g/mol. The zero-order chi connectivity index (χ0) is 14.4. The SMILES string of the molecule is CC(NCC(=O)Nc1ccc(Br)cc1)c1ccncc1. The fourth-order valence-electron chi connectivity index (χ4n) is 1.75. The molecule has 0 saturated heterocycles. The molecular formula is C15H16BrN3O. The molecule has 0 bridgehead atoms. The lowest BCUT2D eigenvalue weighted by molar-refractivity contribution is -0.115. The zero-order valence-corrected chi connectivity index (χ0v) is 12.7. The number of anilines is 1. The maximum Gasteiger partial charge on any atom is 0.238 e. The largest absolute Gasteiger partial charge is 0.325 e. The van der Waals surface area contributed by atoms with E-state index < -0.39 is 0 Å². The molecule has 0 saturated carbocycles. The molecule has 1 atom stereocenters. The van der Waals surface area contributed by atoms with Crippen LogP contribution in [0.4, 0.5) is 5.69 Å². The third kappa shape index (κ3) is 4.43. The summed E-state index contributed by atoms with van der Waals surface area (Å²) in [4.78, 5) is 15.8. The molecule has 0 aliphatic carbocycles. The number of carbonyl (C=O) groups is 1. The van der Waals surface area contributed by atoms with Gasteiger partial charge in [0.25, 0.3) is 0 Å². The number of aromatic nitrogens is 1. The Morgan fingerprint density at radius 1 is 1.20 bits per heavy atom. The molecular weight excluding hydrogens is 318 g/mol. The van der Waals surface area contributed by atoms with Crippen molar-refractivity contribution >= 4 is 27.5 Å². The summed E-state index contributed by atoms with van der Waals surface area (Å²) in [6.45, 7) is 2.28. The van der Waals surface area contributed by atoms with Crippen molar-refractivity contribution in [3.05, 3.63) is 58.8 Å². The van der Waals surface area contributed by atoms with Gasteiger partial charge in [-0.3, -0.25) is 9.78 Å². The van der Waals surface area contributed by atoms with Crippen LogP contribution in [0.1, 0.15) is 18.5 Å². The van der Waals surface area contributed by atoms with Gasteiger partial charge >= 0.3 is 0 Å². The van der Waals surface area contributed by atoms with E-state index in [0.717, 1.165) is 15.7 Å². The van der Waals surface area contributed by atoms with Gasteiger partial charge in [-0.2, -0.15) is 0 Å². The van der Waals surface area contributed by atoms with Crippen molar-refractivity contribution in [3.63, 3.8) is 0 Å². The Balaban J connectivity index is 1.82. The van der Waals surface area contributed by atoms with Crippen LogP contribution in [0.15, 0.2) is 53.3 Å². The number of hydrogen-bond acceptors (Lipinski definition) is 3. The standard InChI is InChI=1S/C15H16BrN3O/c1-11(12-6-8-17-9-7-12)18-10-15(20)19-14-4-2-13(16)3-5-14/h2-9,11,18H,10H2,1H3,(H,19,20). The molecule has 0 radical (unpaired) electrons.